The van der Waals surface area contributed by atoms with Gasteiger partial charge < -0.3 is 9.84 Å². The third-order valence-corrected chi connectivity index (χ3v) is 3.41. The Morgan fingerprint density at radius 3 is 2.77 bits per heavy atom. The maximum Gasteiger partial charge on any atom is 0.279 e. The molecule has 8 heteroatoms. The van der Waals surface area contributed by atoms with Crippen molar-refractivity contribution >= 4 is 12.2 Å². The fourth-order valence-corrected chi connectivity index (χ4v) is 2.22. The highest BCUT2D eigenvalue weighted by Gasteiger charge is 2.06. The molecule has 0 saturated carbocycles. The number of nitrogens with zero attached hydrogens (tertiary/aromatic N) is 3. The van der Waals surface area contributed by atoms with Crippen LogP contribution in [0.15, 0.2) is 58.4 Å². The molecule has 0 unspecified atom stereocenters. The van der Waals surface area contributed by atoms with E-state index in [1.807, 2.05) is 25.1 Å². The molecule has 132 valence electrons. The summed E-state index contributed by atoms with van der Waals surface area (Å²) < 4.78 is 5.31. The molecule has 0 fully saturated rings. The van der Waals surface area contributed by atoms with E-state index < -0.39 is 0 Å². The molecular weight excluding hydrogens is 334 g/mol. The molecule has 0 spiro atoms. The smallest absolute Gasteiger partial charge is 0.279 e. The van der Waals surface area contributed by atoms with Gasteiger partial charge in [-0.25, -0.2) is 5.43 Å². The van der Waals surface area contributed by atoms with Crippen LogP contribution in [0.5, 0.6) is 11.5 Å². The molecule has 3 aromatic rings. The van der Waals surface area contributed by atoms with Crippen LogP contribution in [0.3, 0.4) is 0 Å². The zero-order valence-corrected chi connectivity index (χ0v) is 14.0. The zero-order chi connectivity index (χ0) is 18.4. The van der Waals surface area contributed by atoms with Gasteiger partial charge >= 0.3 is 0 Å². The number of nitrogens with one attached hydrogen (secondary N) is 2. The van der Waals surface area contributed by atoms with Gasteiger partial charge in [0.05, 0.1) is 12.8 Å². The minimum absolute atomic E-state index is 0.0589. The van der Waals surface area contributed by atoms with Gasteiger partial charge in [-0.2, -0.15) is 5.10 Å². The number of hydrazone groups is 1. The van der Waals surface area contributed by atoms with E-state index in [0.717, 1.165) is 0 Å². The van der Waals surface area contributed by atoms with E-state index >= 15 is 0 Å². The molecule has 8 nitrogen and oxygen atoms in total. The Morgan fingerprint density at radius 1 is 1.23 bits per heavy atom. The molecule has 2 aromatic carbocycles. The van der Waals surface area contributed by atoms with Crippen molar-refractivity contribution in [3.05, 3.63) is 64.4 Å². The summed E-state index contributed by atoms with van der Waals surface area (Å²) in [6.45, 7) is 2.27. The summed E-state index contributed by atoms with van der Waals surface area (Å²) in [5.41, 5.74) is 3.87. The van der Waals surface area contributed by atoms with E-state index in [1.54, 1.807) is 24.3 Å². The Hall–Kier alpha value is -3.68. The van der Waals surface area contributed by atoms with E-state index in [0.29, 0.717) is 23.5 Å². The van der Waals surface area contributed by atoms with Crippen LogP contribution in [0.1, 0.15) is 12.5 Å². The number of H-pyrrole nitrogens is 1. The fraction of sp³-hybridized carbons (Fsp3) is 0.111. The van der Waals surface area contributed by atoms with E-state index in [4.69, 9.17) is 4.74 Å². The van der Waals surface area contributed by atoms with Gasteiger partial charge in [0, 0.05) is 5.56 Å². The molecule has 3 N–H and O–H groups in total. The highest BCUT2D eigenvalue weighted by Crippen LogP contribution is 2.26. The number of aromatic amines is 1. The lowest BCUT2D eigenvalue weighted by Crippen LogP contribution is -2.15. The molecule has 0 aliphatic carbocycles. The normalized spacial score (nSPS) is 10.8. The molecule has 0 radical (unpaired) electrons. The number of hydrogen-bond acceptors (Lipinski definition) is 7. The largest absolute Gasteiger partial charge is 0.504 e. The number of rotatable bonds is 6. The Labute approximate surface area is 149 Å². The van der Waals surface area contributed by atoms with Crippen molar-refractivity contribution in [1.29, 1.82) is 0 Å². The SMILES string of the molecule is CCOc1cc(/C=N/Nc2nnc(-c3ccccc3)c(=O)[nH]2)ccc1O. The zero-order valence-electron chi connectivity index (χ0n) is 14.0. The van der Waals surface area contributed by atoms with E-state index in [1.165, 1.54) is 12.3 Å². The fourth-order valence-electron chi connectivity index (χ4n) is 2.22. The van der Waals surface area contributed by atoms with Crippen molar-refractivity contribution in [1.82, 2.24) is 15.2 Å². The third-order valence-electron chi connectivity index (χ3n) is 3.41. The van der Waals surface area contributed by atoms with Crippen LogP contribution < -0.4 is 15.7 Å². The summed E-state index contributed by atoms with van der Waals surface area (Å²) >= 11 is 0. The Bertz CT molecular complexity index is 970. The molecule has 0 aliphatic heterocycles. The van der Waals surface area contributed by atoms with Crippen LogP contribution in [-0.4, -0.2) is 33.1 Å². The van der Waals surface area contributed by atoms with E-state index in [2.05, 4.69) is 25.7 Å². The van der Waals surface area contributed by atoms with Crippen molar-refractivity contribution < 1.29 is 9.84 Å². The van der Waals surface area contributed by atoms with Crippen molar-refractivity contribution in [2.75, 3.05) is 12.0 Å². The topological polar surface area (TPSA) is 112 Å². The molecule has 0 bridgehead atoms. The van der Waals surface area contributed by atoms with Gasteiger partial charge in [-0.05, 0) is 30.7 Å². The predicted molar refractivity (Wildman–Crippen MR) is 98.6 cm³/mol. The van der Waals surface area contributed by atoms with Crippen molar-refractivity contribution in [2.24, 2.45) is 5.10 Å². The predicted octanol–water partition coefficient (Wildman–Crippen LogP) is 2.38. The van der Waals surface area contributed by atoms with Crippen LogP contribution in [0, 0.1) is 0 Å². The lowest BCUT2D eigenvalue weighted by molar-refractivity contribution is 0.318. The van der Waals surface area contributed by atoms with Crippen LogP contribution in [0.2, 0.25) is 0 Å². The molecule has 3 rings (SSSR count). The average Bonchev–Trinajstić information content (AvgIpc) is 2.65. The van der Waals surface area contributed by atoms with Gasteiger partial charge in [0.25, 0.3) is 5.56 Å². The molecular formula is C18H17N5O3. The minimum atomic E-state index is -0.368. The summed E-state index contributed by atoms with van der Waals surface area (Å²) in [4.78, 5) is 14.7. The molecule has 0 saturated heterocycles. The van der Waals surface area contributed by atoms with Crippen LogP contribution in [0.25, 0.3) is 11.3 Å². The lowest BCUT2D eigenvalue weighted by Gasteiger charge is -2.06. The van der Waals surface area contributed by atoms with Gasteiger partial charge in [-0.3, -0.25) is 9.78 Å². The minimum Gasteiger partial charge on any atom is -0.504 e. The summed E-state index contributed by atoms with van der Waals surface area (Å²) in [5, 5.41) is 21.5. The molecule has 0 atom stereocenters. The maximum absolute atomic E-state index is 12.1. The monoisotopic (exact) mass is 351 g/mol. The number of hydrogen-bond donors (Lipinski definition) is 3. The summed E-state index contributed by atoms with van der Waals surface area (Å²) in [6, 6.07) is 13.9. The number of ether oxygens (including phenoxy) is 1. The van der Waals surface area contributed by atoms with Gasteiger partial charge in [0.2, 0.25) is 5.95 Å². The number of aromatic nitrogens is 3. The second-order valence-electron chi connectivity index (χ2n) is 5.25. The van der Waals surface area contributed by atoms with E-state index in [9.17, 15) is 9.90 Å². The molecule has 0 aliphatic rings. The maximum atomic E-state index is 12.1. The number of anilines is 1. The quantitative estimate of drug-likeness (QED) is 0.464. The van der Waals surface area contributed by atoms with Crippen LogP contribution >= 0.6 is 0 Å². The first kappa shape index (κ1) is 17.2. The first-order chi connectivity index (χ1) is 12.7. The molecule has 1 heterocycles. The summed E-state index contributed by atoms with van der Waals surface area (Å²) in [5.74, 6) is 0.551. The lowest BCUT2D eigenvalue weighted by atomic mass is 10.2. The van der Waals surface area contributed by atoms with E-state index in [-0.39, 0.29) is 23.0 Å². The second kappa shape index (κ2) is 7.93. The Morgan fingerprint density at radius 2 is 2.04 bits per heavy atom. The molecule has 1 aromatic heterocycles. The van der Waals surface area contributed by atoms with Crippen molar-refractivity contribution in [2.45, 2.75) is 6.92 Å². The highest BCUT2D eigenvalue weighted by molar-refractivity contribution is 5.81. The standard InChI is InChI=1S/C18H17N5O3/c1-2-26-15-10-12(8-9-14(15)24)11-19-22-18-20-17(25)16(21-23-18)13-6-4-3-5-7-13/h3-11,24H,2H2,1H3,(H2,20,22,23,25)/b19-11+. The van der Waals surface area contributed by atoms with Gasteiger partial charge in [-0.15, -0.1) is 10.2 Å². The second-order valence-corrected chi connectivity index (χ2v) is 5.25. The summed E-state index contributed by atoms with van der Waals surface area (Å²) in [6.07, 6.45) is 1.51. The number of aromatic hydroxyl groups is 1. The Balaban J connectivity index is 1.72. The van der Waals surface area contributed by atoms with Gasteiger partial charge in [0.15, 0.2) is 17.2 Å². The van der Waals surface area contributed by atoms with Crippen molar-refractivity contribution in [3.8, 4) is 22.8 Å². The van der Waals surface area contributed by atoms with Crippen LogP contribution in [-0.2, 0) is 0 Å². The first-order valence-corrected chi connectivity index (χ1v) is 7.94. The van der Waals surface area contributed by atoms with Gasteiger partial charge in [0.1, 0.15) is 0 Å². The average molecular weight is 351 g/mol. The number of phenolic OH excluding ortho intramolecular Hbond substituents is 1. The summed E-state index contributed by atoms with van der Waals surface area (Å²) in [7, 11) is 0. The van der Waals surface area contributed by atoms with Crippen LogP contribution in [0.4, 0.5) is 5.95 Å². The number of phenols is 1. The first-order valence-electron chi connectivity index (χ1n) is 7.94. The Kier molecular flexibility index (Phi) is 5.23. The third kappa shape index (κ3) is 4.04. The molecule has 0 amide bonds. The van der Waals surface area contributed by atoms with Gasteiger partial charge in [-0.1, -0.05) is 30.3 Å². The highest BCUT2D eigenvalue weighted by atomic mass is 16.5. The van der Waals surface area contributed by atoms with Crippen molar-refractivity contribution in [3.63, 3.8) is 0 Å². The number of benzene rings is 2. The molecule has 26 heavy (non-hydrogen) atoms.